The molecule has 0 radical (unpaired) electrons. The fourth-order valence-electron chi connectivity index (χ4n) is 3.07. The van der Waals surface area contributed by atoms with Gasteiger partial charge in [0.15, 0.2) is 0 Å². The number of alkyl halides is 3. The van der Waals surface area contributed by atoms with Gasteiger partial charge in [-0.3, -0.25) is 4.79 Å². The lowest BCUT2D eigenvalue weighted by atomic mass is 9.86. The van der Waals surface area contributed by atoms with Crippen molar-refractivity contribution in [3.63, 3.8) is 0 Å². The van der Waals surface area contributed by atoms with Gasteiger partial charge in [0, 0.05) is 5.56 Å². The molecular formula is C24H23F3O4. The summed E-state index contributed by atoms with van der Waals surface area (Å²) >= 11 is 0. The van der Waals surface area contributed by atoms with Crippen molar-refractivity contribution in [1.29, 1.82) is 0 Å². The molecule has 0 fully saturated rings. The first-order chi connectivity index (χ1) is 14.5. The van der Waals surface area contributed by atoms with Crippen LogP contribution in [-0.2, 0) is 24.0 Å². The van der Waals surface area contributed by atoms with Crippen LogP contribution in [0.15, 0.2) is 59.0 Å². The molecule has 0 atom stereocenters. The van der Waals surface area contributed by atoms with E-state index < -0.39 is 23.1 Å². The van der Waals surface area contributed by atoms with E-state index in [0.29, 0.717) is 29.3 Å². The first-order valence-corrected chi connectivity index (χ1v) is 9.68. The minimum Gasteiger partial charge on any atom is -0.486 e. The zero-order chi connectivity index (χ0) is 22.8. The van der Waals surface area contributed by atoms with E-state index in [1.807, 2.05) is 19.1 Å². The lowest BCUT2D eigenvalue weighted by molar-refractivity contribution is -0.146. The van der Waals surface area contributed by atoms with Gasteiger partial charge in [0.05, 0.1) is 11.0 Å². The van der Waals surface area contributed by atoms with E-state index >= 15 is 0 Å². The van der Waals surface area contributed by atoms with Gasteiger partial charge in [-0.1, -0.05) is 24.3 Å². The first-order valence-electron chi connectivity index (χ1n) is 9.68. The summed E-state index contributed by atoms with van der Waals surface area (Å²) in [4.78, 5) is 11.3. The average Bonchev–Trinajstić information content (AvgIpc) is 3.07. The molecule has 1 N–H and O–H groups in total. The third kappa shape index (κ3) is 5.48. The molecule has 2 aromatic carbocycles. The Kier molecular flexibility index (Phi) is 6.15. The summed E-state index contributed by atoms with van der Waals surface area (Å²) in [6.07, 6.45) is -3.98. The minimum atomic E-state index is -4.38. The molecule has 4 nitrogen and oxygen atoms in total. The number of carboxylic acid groups (broad SMARTS) is 1. The average molecular weight is 432 g/mol. The summed E-state index contributed by atoms with van der Waals surface area (Å²) in [5, 5.41) is 9.24. The maximum absolute atomic E-state index is 12.7. The van der Waals surface area contributed by atoms with Gasteiger partial charge in [-0.25, -0.2) is 0 Å². The molecule has 0 aliphatic carbocycles. The second-order valence-corrected chi connectivity index (χ2v) is 8.09. The Morgan fingerprint density at radius 2 is 1.65 bits per heavy atom. The first kappa shape index (κ1) is 22.5. The fourth-order valence-corrected chi connectivity index (χ4v) is 3.07. The molecule has 7 heteroatoms. The second-order valence-electron chi connectivity index (χ2n) is 8.09. The predicted molar refractivity (Wildman–Crippen MR) is 110 cm³/mol. The standard InChI is InChI=1S/C24H23F3O4/c1-15-12-20(17-6-8-18(9-7-17)24(25,26)27)31-21(15)14-30-19-10-4-16(5-11-19)13-23(2,3)22(28)29/h4-12H,13-14H2,1-3H3,(H,28,29). The van der Waals surface area contributed by atoms with E-state index in [0.717, 1.165) is 23.3 Å². The number of rotatable bonds is 7. The summed E-state index contributed by atoms with van der Waals surface area (Å²) in [6, 6.07) is 13.7. The smallest absolute Gasteiger partial charge is 0.416 e. The number of carbonyl (C=O) groups is 1. The van der Waals surface area contributed by atoms with Crippen molar-refractivity contribution in [2.24, 2.45) is 5.41 Å². The van der Waals surface area contributed by atoms with Crippen molar-refractivity contribution < 1.29 is 32.2 Å². The highest BCUT2D eigenvalue weighted by atomic mass is 19.4. The Hall–Kier alpha value is -3.22. The van der Waals surface area contributed by atoms with Gasteiger partial charge in [-0.05, 0) is 68.7 Å². The van der Waals surface area contributed by atoms with Gasteiger partial charge in [-0.2, -0.15) is 13.2 Å². The number of ether oxygens (including phenoxy) is 1. The molecular weight excluding hydrogens is 409 g/mol. The molecule has 0 saturated carbocycles. The SMILES string of the molecule is Cc1cc(-c2ccc(C(F)(F)F)cc2)oc1COc1ccc(CC(C)(C)C(=O)O)cc1. The summed E-state index contributed by atoms with van der Waals surface area (Å²) < 4.78 is 49.7. The Labute approximate surface area is 178 Å². The van der Waals surface area contributed by atoms with Crippen LogP contribution in [0.1, 0.15) is 36.3 Å². The van der Waals surface area contributed by atoms with Gasteiger partial charge in [-0.15, -0.1) is 0 Å². The number of hydrogen-bond acceptors (Lipinski definition) is 3. The van der Waals surface area contributed by atoms with Crippen LogP contribution in [0.25, 0.3) is 11.3 Å². The Bertz CT molecular complexity index is 1050. The predicted octanol–water partition coefficient (Wildman–Crippen LogP) is 6.51. The zero-order valence-corrected chi connectivity index (χ0v) is 17.4. The summed E-state index contributed by atoms with van der Waals surface area (Å²) in [6.45, 7) is 5.35. The highest BCUT2D eigenvalue weighted by Gasteiger charge is 2.30. The van der Waals surface area contributed by atoms with Crippen LogP contribution in [0.2, 0.25) is 0 Å². The van der Waals surface area contributed by atoms with Gasteiger partial charge in [0.2, 0.25) is 0 Å². The van der Waals surface area contributed by atoms with E-state index in [4.69, 9.17) is 9.15 Å². The van der Waals surface area contributed by atoms with Crippen LogP contribution in [0.5, 0.6) is 5.75 Å². The number of aryl methyl sites for hydroxylation is 1. The molecule has 0 amide bonds. The molecule has 0 bridgehead atoms. The largest absolute Gasteiger partial charge is 0.486 e. The number of furan rings is 1. The molecule has 3 aromatic rings. The highest BCUT2D eigenvalue weighted by Crippen LogP contribution is 2.32. The quantitative estimate of drug-likeness (QED) is 0.463. The molecule has 1 heterocycles. The van der Waals surface area contributed by atoms with Crippen LogP contribution < -0.4 is 4.74 Å². The molecule has 0 aliphatic heterocycles. The summed E-state index contributed by atoms with van der Waals surface area (Å²) in [5.74, 6) is 0.788. The van der Waals surface area contributed by atoms with Crippen LogP contribution in [0, 0.1) is 12.3 Å². The normalized spacial score (nSPS) is 12.1. The highest BCUT2D eigenvalue weighted by molar-refractivity contribution is 5.74. The summed E-state index contributed by atoms with van der Waals surface area (Å²) in [5.41, 5.74) is 0.696. The molecule has 0 unspecified atom stereocenters. The summed E-state index contributed by atoms with van der Waals surface area (Å²) in [7, 11) is 0. The molecule has 0 saturated heterocycles. The van der Waals surface area contributed by atoms with Gasteiger partial charge in [0.1, 0.15) is 23.9 Å². The molecule has 31 heavy (non-hydrogen) atoms. The monoisotopic (exact) mass is 432 g/mol. The van der Waals surface area contributed by atoms with Crippen molar-refractivity contribution >= 4 is 5.97 Å². The number of hydrogen-bond donors (Lipinski definition) is 1. The maximum atomic E-state index is 12.7. The van der Waals surface area contributed by atoms with E-state index in [-0.39, 0.29) is 6.61 Å². The lowest BCUT2D eigenvalue weighted by Gasteiger charge is -2.19. The van der Waals surface area contributed by atoms with E-state index in [2.05, 4.69) is 0 Å². The molecule has 3 rings (SSSR count). The van der Waals surface area contributed by atoms with Crippen molar-refractivity contribution in [1.82, 2.24) is 0 Å². The zero-order valence-electron chi connectivity index (χ0n) is 17.4. The Morgan fingerprint density at radius 1 is 1.03 bits per heavy atom. The van der Waals surface area contributed by atoms with Crippen molar-refractivity contribution in [2.75, 3.05) is 0 Å². The topological polar surface area (TPSA) is 59.7 Å². The number of halogens is 3. The van der Waals surface area contributed by atoms with Crippen molar-refractivity contribution in [2.45, 2.75) is 40.0 Å². The lowest BCUT2D eigenvalue weighted by Crippen LogP contribution is -2.26. The third-order valence-electron chi connectivity index (χ3n) is 5.04. The number of carboxylic acids is 1. The van der Waals surface area contributed by atoms with Crippen LogP contribution in [0.4, 0.5) is 13.2 Å². The van der Waals surface area contributed by atoms with Crippen molar-refractivity contribution in [3.8, 4) is 17.1 Å². The fraction of sp³-hybridized carbons (Fsp3) is 0.292. The molecule has 164 valence electrons. The van der Waals surface area contributed by atoms with Gasteiger partial charge in [0.25, 0.3) is 0 Å². The van der Waals surface area contributed by atoms with E-state index in [1.54, 1.807) is 32.0 Å². The van der Waals surface area contributed by atoms with E-state index in [1.165, 1.54) is 12.1 Å². The second kappa shape index (κ2) is 8.49. The Morgan fingerprint density at radius 3 is 2.19 bits per heavy atom. The van der Waals surface area contributed by atoms with Gasteiger partial charge >= 0.3 is 12.1 Å². The van der Waals surface area contributed by atoms with Gasteiger partial charge < -0.3 is 14.3 Å². The van der Waals surface area contributed by atoms with Crippen LogP contribution >= 0.6 is 0 Å². The maximum Gasteiger partial charge on any atom is 0.416 e. The van der Waals surface area contributed by atoms with Crippen molar-refractivity contribution in [3.05, 3.63) is 77.0 Å². The number of aliphatic carboxylic acids is 1. The van der Waals surface area contributed by atoms with E-state index in [9.17, 15) is 23.1 Å². The number of benzene rings is 2. The molecule has 0 aliphatic rings. The van der Waals surface area contributed by atoms with Crippen LogP contribution in [-0.4, -0.2) is 11.1 Å². The molecule has 0 spiro atoms. The third-order valence-corrected chi connectivity index (χ3v) is 5.04. The molecule has 1 aromatic heterocycles. The van der Waals surface area contributed by atoms with Crippen LogP contribution in [0.3, 0.4) is 0 Å². The Balaban J connectivity index is 1.65. The minimum absolute atomic E-state index is 0.159.